The van der Waals surface area contributed by atoms with Crippen molar-refractivity contribution in [2.45, 2.75) is 71.8 Å². The predicted molar refractivity (Wildman–Crippen MR) is 113 cm³/mol. The van der Waals surface area contributed by atoms with Gasteiger partial charge in [0.25, 0.3) is 5.91 Å². The molecular formula is C23H35NO5. The molecule has 1 fully saturated rings. The first-order chi connectivity index (χ1) is 14.0. The molecule has 2 atom stereocenters. The van der Waals surface area contributed by atoms with Crippen molar-refractivity contribution in [3.8, 4) is 5.75 Å². The fourth-order valence-corrected chi connectivity index (χ4v) is 3.76. The van der Waals surface area contributed by atoms with Gasteiger partial charge in [-0.25, -0.2) is 4.79 Å². The van der Waals surface area contributed by atoms with E-state index in [1.54, 1.807) is 25.1 Å². The summed E-state index contributed by atoms with van der Waals surface area (Å²) in [5, 5.41) is 2.98. The second-order valence-corrected chi connectivity index (χ2v) is 7.78. The highest BCUT2D eigenvalue weighted by Crippen LogP contribution is 2.36. The third-order valence-electron chi connectivity index (χ3n) is 5.15. The lowest BCUT2D eigenvalue weighted by atomic mass is 9.78. The molecule has 0 radical (unpaired) electrons. The minimum Gasteiger partial charge on any atom is -0.493 e. The van der Waals surface area contributed by atoms with E-state index in [1.807, 2.05) is 13.8 Å². The first kappa shape index (κ1) is 23.2. The number of nitrogens with one attached hydrogen (secondary N) is 1. The molecule has 0 spiro atoms. The summed E-state index contributed by atoms with van der Waals surface area (Å²) in [5.74, 6) is 0.297. The summed E-state index contributed by atoms with van der Waals surface area (Å²) < 4.78 is 16.9. The normalized spacial score (nSPS) is 21.4. The molecule has 0 aromatic heterocycles. The van der Waals surface area contributed by atoms with Gasteiger partial charge in [-0.15, -0.1) is 0 Å². The second kappa shape index (κ2) is 11.2. The highest BCUT2D eigenvalue weighted by Gasteiger charge is 2.42. The van der Waals surface area contributed by atoms with E-state index in [1.165, 1.54) is 0 Å². The van der Waals surface area contributed by atoms with Crippen molar-refractivity contribution >= 4 is 17.6 Å². The smallest absolute Gasteiger partial charge is 0.341 e. The molecule has 1 amide bonds. The third-order valence-corrected chi connectivity index (χ3v) is 5.15. The van der Waals surface area contributed by atoms with E-state index in [4.69, 9.17) is 14.2 Å². The number of carbonyl (C=O) groups is 2. The van der Waals surface area contributed by atoms with Crippen LogP contribution in [-0.2, 0) is 14.3 Å². The van der Waals surface area contributed by atoms with Crippen molar-refractivity contribution in [2.24, 2.45) is 5.92 Å². The Bertz CT molecular complexity index is 690. The van der Waals surface area contributed by atoms with Gasteiger partial charge in [0.05, 0.1) is 13.2 Å². The molecule has 1 N–H and O–H groups in total. The van der Waals surface area contributed by atoms with E-state index in [0.717, 1.165) is 25.7 Å². The average Bonchev–Trinajstić information content (AvgIpc) is 2.71. The Balaban J connectivity index is 2.24. The highest BCUT2D eigenvalue weighted by molar-refractivity contribution is 5.99. The van der Waals surface area contributed by atoms with Crippen LogP contribution in [0.25, 0.3) is 0 Å². The summed E-state index contributed by atoms with van der Waals surface area (Å²) in [5.41, 5.74) is 0.0491. The predicted octanol–water partition coefficient (Wildman–Crippen LogP) is 4.97. The van der Waals surface area contributed by atoms with Crippen molar-refractivity contribution in [3.05, 3.63) is 23.8 Å². The molecule has 29 heavy (non-hydrogen) atoms. The quantitative estimate of drug-likeness (QED) is 0.557. The number of ether oxygens (including phenoxy) is 3. The maximum atomic E-state index is 13.2. The molecule has 1 aliphatic rings. The van der Waals surface area contributed by atoms with Gasteiger partial charge in [-0.05, 0) is 63.1 Å². The average molecular weight is 406 g/mol. The number of rotatable bonds is 10. The third kappa shape index (κ3) is 6.20. The summed E-state index contributed by atoms with van der Waals surface area (Å²) in [6.45, 7) is 9.29. The van der Waals surface area contributed by atoms with Crippen LogP contribution < -0.4 is 10.1 Å². The number of carbonyl (C=O) groups excluding carboxylic acids is 2. The summed E-state index contributed by atoms with van der Waals surface area (Å²) in [6.07, 6.45) is 5.19. The lowest BCUT2D eigenvalue weighted by Crippen LogP contribution is -2.48. The number of hydrogen-bond donors (Lipinski definition) is 1. The first-order valence-electron chi connectivity index (χ1n) is 10.8. The topological polar surface area (TPSA) is 73.9 Å². The van der Waals surface area contributed by atoms with Crippen LogP contribution >= 0.6 is 0 Å². The van der Waals surface area contributed by atoms with Gasteiger partial charge in [0, 0.05) is 12.3 Å². The Hall–Kier alpha value is -2.08. The molecule has 0 unspecified atom stereocenters. The van der Waals surface area contributed by atoms with Gasteiger partial charge in [-0.3, -0.25) is 4.79 Å². The minimum atomic E-state index is -0.810. The van der Waals surface area contributed by atoms with Gasteiger partial charge in [-0.2, -0.15) is 0 Å². The van der Waals surface area contributed by atoms with Crippen LogP contribution in [0.2, 0.25) is 0 Å². The van der Waals surface area contributed by atoms with Gasteiger partial charge in [-0.1, -0.05) is 27.2 Å². The summed E-state index contributed by atoms with van der Waals surface area (Å²) in [4.78, 5) is 25.6. The van der Waals surface area contributed by atoms with Crippen LogP contribution in [0.4, 0.5) is 5.69 Å². The molecule has 2 rings (SSSR count). The van der Waals surface area contributed by atoms with Crippen molar-refractivity contribution in [1.82, 2.24) is 0 Å². The molecule has 0 aliphatic heterocycles. The molecule has 1 aromatic rings. The van der Waals surface area contributed by atoms with Gasteiger partial charge in [0.15, 0.2) is 0 Å². The summed E-state index contributed by atoms with van der Waals surface area (Å²) in [7, 11) is 0. The van der Waals surface area contributed by atoms with Gasteiger partial charge in [0.2, 0.25) is 0 Å². The molecule has 6 nitrogen and oxygen atoms in total. The Morgan fingerprint density at radius 1 is 1.17 bits per heavy atom. The molecule has 0 saturated heterocycles. The van der Waals surface area contributed by atoms with E-state index in [9.17, 15) is 9.59 Å². The lowest BCUT2D eigenvalue weighted by Gasteiger charge is -2.38. The van der Waals surface area contributed by atoms with Crippen LogP contribution in [0.1, 0.15) is 76.6 Å². The Morgan fingerprint density at radius 2 is 1.93 bits per heavy atom. The number of benzene rings is 1. The van der Waals surface area contributed by atoms with Crippen molar-refractivity contribution < 1.29 is 23.8 Å². The van der Waals surface area contributed by atoms with Crippen LogP contribution in [0, 0.1) is 5.92 Å². The zero-order valence-corrected chi connectivity index (χ0v) is 18.2. The second-order valence-electron chi connectivity index (χ2n) is 7.78. The Morgan fingerprint density at radius 3 is 2.59 bits per heavy atom. The van der Waals surface area contributed by atoms with E-state index in [-0.39, 0.29) is 12.5 Å². The zero-order valence-electron chi connectivity index (χ0n) is 18.2. The monoisotopic (exact) mass is 405 g/mol. The molecule has 1 saturated carbocycles. The van der Waals surface area contributed by atoms with Gasteiger partial charge < -0.3 is 19.5 Å². The van der Waals surface area contributed by atoms with Crippen LogP contribution in [0.15, 0.2) is 18.2 Å². The fourth-order valence-electron chi connectivity index (χ4n) is 3.76. The van der Waals surface area contributed by atoms with E-state index in [2.05, 4.69) is 12.2 Å². The van der Waals surface area contributed by atoms with Crippen molar-refractivity contribution in [3.63, 3.8) is 0 Å². The molecule has 0 heterocycles. The molecule has 0 bridgehead atoms. The van der Waals surface area contributed by atoms with E-state index >= 15 is 0 Å². The molecule has 1 aromatic carbocycles. The Labute approximate surface area is 174 Å². The van der Waals surface area contributed by atoms with E-state index < -0.39 is 11.6 Å². The Kier molecular flexibility index (Phi) is 8.96. The largest absolute Gasteiger partial charge is 0.493 e. The molecule has 1 aliphatic carbocycles. The first-order valence-corrected chi connectivity index (χ1v) is 10.8. The van der Waals surface area contributed by atoms with Gasteiger partial charge in [0.1, 0.15) is 16.9 Å². The molecule has 162 valence electrons. The van der Waals surface area contributed by atoms with E-state index in [0.29, 0.717) is 49.0 Å². The summed E-state index contributed by atoms with van der Waals surface area (Å²) in [6, 6.07) is 5.09. The summed E-state index contributed by atoms with van der Waals surface area (Å²) >= 11 is 0. The standard InChI is InChI=1S/C23H35NO5/c1-5-13-28-20-11-10-18(15-19(20)21(25)27-7-3)24-22(26)23(29-14-6-2)12-8-9-17(4)16-23/h10-11,15,17H,5-9,12-14,16H2,1-4H3,(H,24,26)/t17-,23+/m1/s1. The molecular weight excluding hydrogens is 370 g/mol. The van der Waals surface area contributed by atoms with Gasteiger partial charge >= 0.3 is 5.97 Å². The van der Waals surface area contributed by atoms with Crippen molar-refractivity contribution in [1.29, 1.82) is 0 Å². The fraction of sp³-hybridized carbons (Fsp3) is 0.652. The zero-order chi connectivity index (χ0) is 21.3. The number of amides is 1. The molecule has 6 heteroatoms. The minimum absolute atomic E-state index is 0.144. The van der Waals surface area contributed by atoms with Crippen LogP contribution in [-0.4, -0.2) is 37.3 Å². The number of anilines is 1. The highest BCUT2D eigenvalue weighted by atomic mass is 16.5. The van der Waals surface area contributed by atoms with Crippen LogP contribution in [0.3, 0.4) is 0 Å². The number of hydrogen-bond acceptors (Lipinski definition) is 5. The SMILES string of the molecule is CCCOc1ccc(NC(=O)[C@]2(OCCC)CCC[C@@H](C)C2)cc1C(=O)OCC. The maximum Gasteiger partial charge on any atom is 0.341 e. The maximum absolute atomic E-state index is 13.2. The van der Waals surface area contributed by atoms with Crippen LogP contribution in [0.5, 0.6) is 5.75 Å². The number of esters is 1. The lowest BCUT2D eigenvalue weighted by molar-refractivity contribution is -0.148. The van der Waals surface area contributed by atoms with Crippen molar-refractivity contribution in [2.75, 3.05) is 25.1 Å².